The molecule has 0 bridgehead atoms. The fourth-order valence-electron chi connectivity index (χ4n) is 2.15. The van der Waals surface area contributed by atoms with E-state index in [1.54, 1.807) is 30.3 Å². The van der Waals surface area contributed by atoms with Crippen LogP contribution in [0.4, 0.5) is 11.4 Å². The van der Waals surface area contributed by atoms with Crippen molar-refractivity contribution in [3.8, 4) is 17.6 Å². The number of hydrogen-bond acceptors (Lipinski definition) is 5. The molecule has 134 valence electrons. The van der Waals surface area contributed by atoms with Gasteiger partial charge in [0.1, 0.15) is 23.1 Å². The Bertz CT molecular complexity index is 888. The van der Waals surface area contributed by atoms with E-state index < -0.39 is 5.91 Å². The second kappa shape index (κ2) is 8.79. The molecule has 7 heteroatoms. The minimum absolute atomic E-state index is 0.103. The first-order valence-corrected chi connectivity index (χ1v) is 8.02. The van der Waals surface area contributed by atoms with Gasteiger partial charge in [0.25, 0.3) is 5.91 Å². The van der Waals surface area contributed by atoms with Crippen molar-refractivity contribution in [3.63, 3.8) is 0 Å². The Morgan fingerprint density at radius 3 is 2.58 bits per heavy atom. The van der Waals surface area contributed by atoms with E-state index >= 15 is 0 Å². The molecular weight excluding hydrogens is 354 g/mol. The minimum Gasteiger partial charge on any atom is -0.497 e. The SMILES string of the molecule is COc1ccc(OC)c(NC(=O)/C(C#N)=C\Nc2cc(Cl)ccc2C)c1. The highest BCUT2D eigenvalue weighted by molar-refractivity contribution is 6.30. The van der Waals surface area contributed by atoms with Crippen LogP contribution in [0.2, 0.25) is 5.02 Å². The van der Waals surface area contributed by atoms with Crippen LogP contribution < -0.4 is 20.1 Å². The number of amides is 1. The fraction of sp³-hybridized carbons (Fsp3) is 0.158. The maximum atomic E-state index is 12.4. The van der Waals surface area contributed by atoms with Crippen LogP contribution in [0.3, 0.4) is 0 Å². The minimum atomic E-state index is -0.578. The number of benzene rings is 2. The number of nitriles is 1. The Morgan fingerprint density at radius 2 is 1.92 bits per heavy atom. The van der Waals surface area contributed by atoms with Gasteiger partial charge in [-0.1, -0.05) is 17.7 Å². The van der Waals surface area contributed by atoms with Crippen molar-refractivity contribution in [3.05, 3.63) is 58.8 Å². The summed E-state index contributed by atoms with van der Waals surface area (Å²) in [4.78, 5) is 12.4. The lowest BCUT2D eigenvalue weighted by Crippen LogP contribution is -2.15. The lowest BCUT2D eigenvalue weighted by molar-refractivity contribution is -0.112. The van der Waals surface area contributed by atoms with Crippen LogP contribution in [0.1, 0.15) is 5.56 Å². The van der Waals surface area contributed by atoms with Gasteiger partial charge in [-0.25, -0.2) is 0 Å². The van der Waals surface area contributed by atoms with Gasteiger partial charge < -0.3 is 20.1 Å². The van der Waals surface area contributed by atoms with Crippen molar-refractivity contribution in [2.75, 3.05) is 24.9 Å². The lowest BCUT2D eigenvalue weighted by Gasteiger charge is -2.11. The van der Waals surface area contributed by atoms with Gasteiger partial charge in [-0.15, -0.1) is 0 Å². The first kappa shape index (κ1) is 19.2. The summed E-state index contributed by atoms with van der Waals surface area (Å²) in [5, 5.41) is 15.4. The number of ether oxygens (including phenoxy) is 2. The summed E-state index contributed by atoms with van der Waals surface area (Å²) in [7, 11) is 3.01. The van der Waals surface area contributed by atoms with Crippen LogP contribution in [0.5, 0.6) is 11.5 Å². The van der Waals surface area contributed by atoms with E-state index in [4.69, 9.17) is 21.1 Å². The number of methoxy groups -OCH3 is 2. The Kier molecular flexibility index (Phi) is 6.48. The molecule has 0 saturated carbocycles. The number of nitrogens with one attached hydrogen (secondary N) is 2. The molecule has 0 aliphatic carbocycles. The van der Waals surface area contributed by atoms with Crippen molar-refractivity contribution in [1.82, 2.24) is 0 Å². The van der Waals surface area contributed by atoms with Crippen LogP contribution in [0, 0.1) is 18.3 Å². The highest BCUT2D eigenvalue weighted by Crippen LogP contribution is 2.29. The van der Waals surface area contributed by atoms with Crippen LogP contribution in [-0.4, -0.2) is 20.1 Å². The first-order valence-electron chi connectivity index (χ1n) is 7.64. The van der Waals surface area contributed by atoms with E-state index in [-0.39, 0.29) is 5.57 Å². The van der Waals surface area contributed by atoms with Gasteiger partial charge in [0.15, 0.2) is 0 Å². The Labute approximate surface area is 157 Å². The number of carbonyl (C=O) groups is 1. The molecule has 2 aromatic rings. The molecule has 0 fully saturated rings. The van der Waals surface area contributed by atoms with E-state index in [1.165, 1.54) is 20.4 Å². The van der Waals surface area contributed by atoms with Crippen molar-refractivity contribution < 1.29 is 14.3 Å². The zero-order chi connectivity index (χ0) is 19.1. The quantitative estimate of drug-likeness (QED) is 0.589. The third-order valence-corrected chi connectivity index (χ3v) is 3.83. The second-order valence-electron chi connectivity index (χ2n) is 5.29. The third-order valence-electron chi connectivity index (χ3n) is 3.59. The van der Waals surface area contributed by atoms with Crippen molar-refractivity contribution in [2.45, 2.75) is 6.92 Å². The molecule has 0 radical (unpaired) electrons. The average molecular weight is 372 g/mol. The number of hydrogen-bond donors (Lipinski definition) is 2. The summed E-state index contributed by atoms with van der Waals surface area (Å²) >= 11 is 5.97. The molecule has 2 aromatic carbocycles. The van der Waals surface area contributed by atoms with E-state index in [2.05, 4.69) is 10.6 Å². The van der Waals surface area contributed by atoms with Gasteiger partial charge >= 0.3 is 0 Å². The number of rotatable bonds is 6. The van der Waals surface area contributed by atoms with Gasteiger partial charge in [-0.2, -0.15) is 5.26 Å². The lowest BCUT2D eigenvalue weighted by atomic mass is 10.2. The topological polar surface area (TPSA) is 83.4 Å². The molecule has 0 heterocycles. The van der Waals surface area contributed by atoms with Gasteiger partial charge in [-0.05, 0) is 36.8 Å². The molecule has 1 amide bonds. The molecular formula is C19H18ClN3O3. The summed E-state index contributed by atoms with van der Waals surface area (Å²) < 4.78 is 10.4. The number of anilines is 2. The maximum Gasteiger partial charge on any atom is 0.267 e. The van der Waals surface area contributed by atoms with Crippen molar-refractivity contribution >= 4 is 28.9 Å². The van der Waals surface area contributed by atoms with Crippen LogP contribution in [0.25, 0.3) is 0 Å². The van der Waals surface area contributed by atoms with E-state index in [1.807, 2.05) is 19.1 Å². The first-order chi connectivity index (χ1) is 12.5. The molecule has 2 rings (SSSR count). The van der Waals surface area contributed by atoms with Gasteiger partial charge in [0, 0.05) is 23.0 Å². The molecule has 0 aliphatic heterocycles. The van der Waals surface area contributed by atoms with Crippen LogP contribution in [0.15, 0.2) is 48.2 Å². The molecule has 0 spiro atoms. The highest BCUT2D eigenvalue weighted by atomic mass is 35.5. The molecule has 0 saturated heterocycles. The van der Waals surface area contributed by atoms with Gasteiger partial charge in [0.2, 0.25) is 0 Å². The number of aryl methyl sites for hydroxylation is 1. The Morgan fingerprint density at radius 1 is 1.15 bits per heavy atom. The van der Waals surface area contributed by atoms with Crippen molar-refractivity contribution in [2.24, 2.45) is 0 Å². The molecule has 0 aliphatic rings. The summed E-state index contributed by atoms with van der Waals surface area (Å²) in [5.41, 5.74) is 1.93. The molecule has 6 nitrogen and oxygen atoms in total. The molecule has 0 aromatic heterocycles. The van der Waals surface area contributed by atoms with Gasteiger partial charge in [-0.3, -0.25) is 4.79 Å². The molecule has 2 N–H and O–H groups in total. The normalized spacial score (nSPS) is 10.7. The van der Waals surface area contributed by atoms with Gasteiger partial charge in [0.05, 0.1) is 19.9 Å². The smallest absolute Gasteiger partial charge is 0.267 e. The third kappa shape index (κ3) is 4.68. The zero-order valence-electron chi connectivity index (χ0n) is 14.6. The molecule has 0 atom stereocenters. The average Bonchev–Trinajstić information content (AvgIpc) is 2.64. The predicted molar refractivity (Wildman–Crippen MR) is 102 cm³/mol. The Balaban J connectivity index is 2.21. The highest BCUT2D eigenvalue weighted by Gasteiger charge is 2.13. The maximum absolute atomic E-state index is 12.4. The summed E-state index contributed by atoms with van der Waals surface area (Å²) in [6.07, 6.45) is 1.33. The summed E-state index contributed by atoms with van der Waals surface area (Å²) in [6.45, 7) is 1.89. The second-order valence-corrected chi connectivity index (χ2v) is 5.73. The number of nitrogens with zero attached hydrogens (tertiary/aromatic N) is 1. The summed E-state index contributed by atoms with van der Waals surface area (Å²) in [5.74, 6) is 0.428. The van der Waals surface area contributed by atoms with E-state index in [0.29, 0.717) is 27.9 Å². The molecule has 26 heavy (non-hydrogen) atoms. The molecule has 0 unspecified atom stereocenters. The van der Waals surface area contributed by atoms with E-state index in [9.17, 15) is 10.1 Å². The standard InChI is InChI=1S/C19H18ClN3O3/c1-12-4-5-14(20)8-16(12)22-11-13(10-21)19(24)23-17-9-15(25-2)6-7-18(17)26-3/h4-9,11,22H,1-3H3,(H,23,24)/b13-11-. The zero-order valence-corrected chi connectivity index (χ0v) is 15.3. The Hall–Kier alpha value is -3.17. The number of carbonyl (C=O) groups excluding carboxylic acids is 1. The fourth-order valence-corrected chi connectivity index (χ4v) is 2.32. The largest absolute Gasteiger partial charge is 0.497 e. The van der Waals surface area contributed by atoms with Crippen molar-refractivity contribution in [1.29, 1.82) is 5.26 Å². The monoisotopic (exact) mass is 371 g/mol. The predicted octanol–water partition coefficient (Wildman–Crippen LogP) is 4.12. The van der Waals surface area contributed by atoms with E-state index in [0.717, 1.165) is 5.56 Å². The van der Waals surface area contributed by atoms with Crippen LogP contribution >= 0.6 is 11.6 Å². The summed E-state index contributed by atoms with van der Waals surface area (Å²) in [6, 6.07) is 12.2. The number of halogens is 1. The van der Waals surface area contributed by atoms with Crippen LogP contribution in [-0.2, 0) is 4.79 Å².